The van der Waals surface area contributed by atoms with E-state index >= 15 is 0 Å². The van der Waals surface area contributed by atoms with Crippen LogP contribution in [0.15, 0.2) is 24.3 Å². The Bertz CT molecular complexity index is 196. The minimum Gasteiger partial charge on any atom is -0.251 e. The molecule has 68 valence electrons. The van der Waals surface area contributed by atoms with Crippen molar-refractivity contribution < 1.29 is 10.1 Å². The summed E-state index contributed by atoms with van der Waals surface area (Å²) in [5, 5.41) is 8.86. The highest BCUT2D eigenvalue weighted by molar-refractivity contribution is 5.21. The van der Waals surface area contributed by atoms with Gasteiger partial charge < -0.3 is 0 Å². The second kappa shape index (κ2) is 3.87. The van der Waals surface area contributed by atoms with Crippen LogP contribution in [0.4, 0.5) is 0 Å². The Balaban J connectivity index is 2.77. The zero-order valence-corrected chi connectivity index (χ0v) is 7.66. The van der Waals surface area contributed by atoms with Crippen molar-refractivity contribution in [3.05, 3.63) is 24.3 Å². The van der Waals surface area contributed by atoms with Gasteiger partial charge in [-0.25, -0.2) is 4.89 Å². The molecule has 1 N–H and O–H groups in total. The molecule has 0 spiro atoms. The quantitative estimate of drug-likeness (QED) is 0.518. The Kier molecular flexibility index (Phi) is 3.06. The van der Waals surface area contributed by atoms with Gasteiger partial charge in [0.15, 0.2) is 0 Å². The molecule has 2 heteroatoms. The standard InChI is InChI=1S/C10H16O2/c1-3-7-10(12-11)8-5-4-6-9(10)2/h4-6,8-9,11H,3,7H2,1-2H3. The summed E-state index contributed by atoms with van der Waals surface area (Å²) in [6.07, 6.45) is 9.74. The lowest BCUT2D eigenvalue weighted by Gasteiger charge is -2.32. The lowest BCUT2D eigenvalue weighted by Crippen LogP contribution is -2.36. The minimum atomic E-state index is -0.483. The molecule has 0 aromatic carbocycles. The largest absolute Gasteiger partial charge is 0.251 e. The molecule has 0 fully saturated rings. The van der Waals surface area contributed by atoms with Gasteiger partial charge in [-0.05, 0) is 12.5 Å². The summed E-state index contributed by atoms with van der Waals surface area (Å²) in [6.45, 7) is 4.13. The van der Waals surface area contributed by atoms with Crippen LogP contribution in [-0.4, -0.2) is 10.9 Å². The summed E-state index contributed by atoms with van der Waals surface area (Å²) in [4.78, 5) is 4.59. The molecule has 0 heterocycles. The monoisotopic (exact) mass is 168 g/mol. The van der Waals surface area contributed by atoms with E-state index in [0.717, 1.165) is 12.8 Å². The molecule has 12 heavy (non-hydrogen) atoms. The van der Waals surface area contributed by atoms with Gasteiger partial charge in [0.05, 0.1) is 0 Å². The Hall–Kier alpha value is -0.600. The van der Waals surface area contributed by atoms with Gasteiger partial charge in [0.25, 0.3) is 0 Å². The third-order valence-electron chi connectivity index (χ3n) is 2.47. The average molecular weight is 168 g/mol. The van der Waals surface area contributed by atoms with Gasteiger partial charge in [-0.15, -0.1) is 0 Å². The Morgan fingerprint density at radius 1 is 1.50 bits per heavy atom. The third-order valence-corrected chi connectivity index (χ3v) is 2.47. The van der Waals surface area contributed by atoms with Crippen LogP contribution in [-0.2, 0) is 4.89 Å². The van der Waals surface area contributed by atoms with Crippen molar-refractivity contribution in [3.8, 4) is 0 Å². The molecule has 0 aliphatic heterocycles. The van der Waals surface area contributed by atoms with E-state index < -0.39 is 5.60 Å². The third kappa shape index (κ3) is 1.59. The fraction of sp³-hybridized carbons (Fsp3) is 0.600. The smallest absolute Gasteiger partial charge is 0.128 e. The van der Waals surface area contributed by atoms with E-state index in [2.05, 4.69) is 11.8 Å². The maximum atomic E-state index is 8.86. The van der Waals surface area contributed by atoms with E-state index in [1.807, 2.05) is 31.2 Å². The molecule has 2 atom stereocenters. The maximum absolute atomic E-state index is 8.86. The predicted molar refractivity (Wildman–Crippen MR) is 48.8 cm³/mol. The topological polar surface area (TPSA) is 29.5 Å². The first-order valence-electron chi connectivity index (χ1n) is 4.44. The molecular weight excluding hydrogens is 152 g/mol. The summed E-state index contributed by atoms with van der Waals surface area (Å²) in [5.41, 5.74) is -0.483. The van der Waals surface area contributed by atoms with Crippen LogP contribution >= 0.6 is 0 Å². The first-order chi connectivity index (χ1) is 5.75. The maximum Gasteiger partial charge on any atom is 0.128 e. The van der Waals surface area contributed by atoms with Crippen molar-refractivity contribution in [2.75, 3.05) is 0 Å². The van der Waals surface area contributed by atoms with Crippen molar-refractivity contribution >= 4 is 0 Å². The molecule has 0 amide bonds. The molecule has 2 unspecified atom stereocenters. The SMILES string of the molecule is CCCC1(OO)C=CC=CC1C. The Labute approximate surface area is 73.5 Å². The summed E-state index contributed by atoms with van der Waals surface area (Å²) >= 11 is 0. The molecular formula is C10H16O2. The van der Waals surface area contributed by atoms with E-state index in [0.29, 0.717) is 0 Å². The predicted octanol–water partition coefficient (Wildman–Crippen LogP) is 2.78. The van der Waals surface area contributed by atoms with Gasteiger partial charge in [-0.3, -0.25) is 5.26 Å². The molecule has 0 saturated carbocycles. The normalized spacial score (nSPS) is 34.1. The summed E-state index contributed by atoms with van der Waals surface area (Å²) in [7, 11) is 0. The molecule has 0 saturated heterocycles. The zero-order valence-electron chi connectivity index (χ0n) is 7.66. The summed E-state index contributed by atoms with van der Waals surface area (Å²) in [5.74, 6) is 0.243. The molecule has 0 radical (unpaired) electrons. The van der Waals surface area contributed by atoms with E-state index in [9.17, 15) is 0 Å². The van der Waals surface area contributed by atoms with Crippen LogP contribution in [0.25, 0.3) is 0 Å². The van der Waals surface area contributed by atoms with Gasteiger partial charge >= 0.3 is 0 Å². The average Bonchev–Trinajstić information content (AvgIpc) is 2.10. The minimum absolute atomic E-state index is 0.243. The first-order valence-corrected chi connectivity index (χ1v) is 4.44. The van der Waals surface area contributed by atoms with Crippen LogP contribution in [0.1, 0.15) is 26.7 Å². The molecule has 0 aromatic heterocycles. The van der Waals surface area contributed by atoms with E-state index in [1.54, 1.807) is 0 Å². The van der Waals surface area contributed by atoms with E-state index in [-0.39, 0.29) is 5.92 Å². The highest BCUT2D eigenvalue weighted by Gasteiger charge is 2.34. The molecule has 1 rings (SSSR count). The second-order valence-electron chi connectivity index (χ2n) is 3.33. The fourth-order valence-electron chi connectivity index (χ4n) is 1.62. The highest BCUT2D eigenvalue weighted by atomic mass is 17.1. The van der Waals surface area contributed by atoms with E-state index in [4.69, 9.17) is 5.26 Å². The summed E-state index contributed by atoms with van der Waals surface area (Å²) < 4.78 is 0. The van der Waals surface area contributed by atoms with Gasteiger partial charge in [0.2, 0.25) is 0 Å². The van der Waals surface area contributed by atoms with Crippen LogP contribution in [0, 0.1) is 5.92 Å². The molecule has 1 aliphatic rings. The molecule has 1 aliphatic carbocycles. The lowest BCUT2D eigenvalue weighted by atomic mass is 9.82. The molecule has 0 aromatic rings. The molecule has 2 nitrogen and oxygen atoms in total. The van der Waals surface area contributed by atoms with Crippen LogP contribution in [0.2, 0.25) is 0 Å². The lowest BCUT2D eigenvalue weighted by molar-refractivity contribution is -0.318. The van der Waals surface area contributed by atoms with Crippen molar-refractivity contribution in [2.24, 2.45) is 5.92 Å². The van der Waals surface area contributed by atoms with Crippen molar-refractivity contribution in [1.82, 2.24) is 0 Å². The van der Waals surface area contributed by atoms with Gasteiger partial charge in [0.1, 0.15) is 5.60 Å². The Morgan fingerprint density at radius 3 is 2.75 bits per heavy atom. The van der Waals surface area contributed by atoms with Crippen LogP contribution < -0.4 is 0 Å². The van der Waals surface area contributed by atoms with Crippen molar-refractivity contribution in [2.45, 2.75) is 32.3 Å². The highest BCUT2D eigenvalue weighted by Crippen LogP contribution is 2.31. The van der Waals surface area contributed by atoms with E-state index in [1.165, 1.54) is 0 Å². The van der Waals surface area contributed by atoms with Gasteiger partial charge in [0, 0.05) is 5.92 Å². The number of hydrogen-bond acceptors (Lipinski definition) is 2. The fourth-order valence-corrected chi connectivity index (χ4v) is 1.62. The van der Waals surface area contributed by atoms with Crippen molar-refractivity contribution in [1.29, 1.82) is 0 Å². The molecule has 0 bridgehead atoms. The number of hydrogen-bond donors (Lipinski definition) is 1. The van der Waals surface area contributed by atoms with Gasteiger partial charge in [-0.2, -0.15) is 0 Å². The second-order valence-corrected chi connectivity index (χ2v) is 3.33. The van der Waals surface area contributed by atoms with Crippen LogP contribution in [0.3, 0.4) is 0 Å². The van der Waals surface area contributed by atoms with Crippen molar-refractivity contribution in [3.63, 3.8) is 0 Å². The number of rotatable bonds is 3. The summed E-state index contributed by atoms with van der Waals surface area (Å²) in [6, 6.07) is 0. The Morgan fingerprint density at radius 2 is 2.25 bits per heavy atom. The zero-order chi connectivity index (χ0) is 9.03. The first kappa shape index (κ1) is 9.49. The van der Waals surface area contributed by atoms with Gasteiger partial charge in [-0.1, -0.05) is 38.5 Å². The van der Waals surface area contributed by atoms with Crippen LogP contribution in [0.5, 0.6) is 0 Å². The number of allylic oxidation sites excluding steroid dienone is 2.